The Morgan fingerprint density at radius 3 is 2.53 bits per heavy atom. The highest BCUT2D eigenvalue weighted by Crippen LogP contribution is 2.55. The van der Waals surface area contributed by atoms with Gasteiger partial charge in [-0.25, -0.2) is 0 Å². The molecule has 1 unspecified atom stereocenters. The van der Waals surface area contributed by atoms with E-state index in [0.717, 1.165) is 49.2 Å². The van der Waals surface area contributed by atoms with Crippen molar-refractivity contribution in [3.05, 3.63) is 87.7 Å². The summed E-state index contributed by atoms with van der Waals surface area (Å²) in [7, 11) is -4.29. The number of allylic oxidation sites excluding steroid dienone is 3. The summed E-state index contributed by atoms with van der Waals surface area (Å²) in [4.78, 5) is 14.5. The molecule has 7 nitrogen and oxygen atoms in total. The molecule has 8 heteroatoms. The van der Waals surface area contributed by atoms with Crippen LogP contribution in [0.1, 0.15) is 75.4 Å². The van der Waals surface area contributed by atoms with Gasteiger partial charge in [0.05, 0.1) is 22.5 Å². The molecule has 6 aliphatic rings. The Kier molecular flexibility index (Phi) is 5.48. The van der Waals surface area contributed by atoms with Crippen LogP contribution in [0.25, 0.3) is 0 Å². The third-order valence-corrected chi connectivity index (χ3v) is 11.7. The van der Waals surface area contributed by atoms with E-state index in [1.54, 1.807) is 13.0 Å². The summed E-state index contributed by atoms with van der Waals surface area (Å²) in [5.74, 6) is 0.452. The Bertz CT molecular complexity index is 1910. The summed E-state index contributed by atoms with van der Waals surface area (Å²) in [6, 6.07) is 11.1. The summed E-state index contributed by atoms with van der Waals surface area (Å²) < 4.78 is 43.1. The van der Waals surface area contributed by atoms with Gasteiger partial charge in [0.25, 0.3) is 10.1 Å². The first kappa shape index (κ1) is 27.2. The summed E-state index contributed by atoms with van der Waals surface area (Å²) >= 11 is 0. The number of carbonyl (C=O) groups excluding carboxylic acids is 1. The Morgan fingerprint density at radius 2 is 1.79 bits per heavy atom. The molecular formula is C35H37N2O5S+. The van der Waals surface area contributed by atoms with Crippen LogP contribution >= 0.6 is 0 Å². The van der Waals surface area contributed by atoms with Crippen molar-refractivity contribution < 1.29 is 27.1 Å². The van der Waals surface area contributed by atoms with E-state index >= 15 is 0 Å². The van der Waals surface area contributed by atoms with Gasteiger partial charge in [-0.15, -0.1) is 0 Å². The second-order valence-electron chi connectivity index (χ2n) is 14.0. The highest BCUT2D eigenvalue weighted by Gasteiger charge is 2.54. The van der Waals surface area contributed by atoms with Crippen LogP contribution in [0, 0.1) is 5.92 Å². The zero-order valence-corrected chi connectivity index (χ0v) is 26.1. The lowest BCUT2D eigenvalue weighted by Gasteiger charge is -2.44. The molecule has 43 heavy (non-hydrogen) atoms. The predicted octanol–water partition coefficient (Wildman–Crippen LogP) is 6.01. The van der Waals surface area contributed by atoms with E-state index in [2.05, 4.69) is 61.5 Å². The molecule has 1 N–H and O–H groups in total. The summed E-state index contributed by atoms with van der Waals surface area (Å²) in [6.45, 7) is 12.2. The average molecular weight is 598 g/mol. The summed E-state index contributed by atoms with van der Waals surface area (Å²) in [6.07, 6.45) is 7.70. The van der Waals surface area contributed by atoms with Crippen molar-refractivity contribution in [2.75, 3.05) is 18.0 Å². The number of ketones is 1. The molecule has 5 heterocycles. The van der Waals surface area contributed by atoms with Crippen LogP contribution in [-0.2, 0) is 25.7 Å². The Balaban J connectivity index is 1.25. The summed E-state index contributed by atoms with van der Waals surface area (Å²) in [5, 5.41) is 0. The molecule has 3 atom stereocenters. The molecule has 1 aliphatic carbocycles. The van der Waals surface area contributed by atoms with Gasteiger partial charge in [-0.2, -0.15) is 13.0 Å². The molecule has 2 aromatic rings. The first-order chi connectivity index (χ1) is 20.3. The number of rotatable bonds is 2. The second-order valence-corrected chi connectivity index (χ2v) is 15.4. The third-order valence-electron chi connectivity index (χ3n) is 10.8. The Labute approximate surface area is 253 Å². The highest BCUT2D eigenvalue weighted by molar-refractivity contribution is 7.85. The van der Waals surface area contributed by atoms with Crippen LogP contribution in [0.15, 0.2) is 75.9 Å². The molecule has 0 fully saturated rings. The molecular weight excluding hydrogens is 560 g/mol. The number of hydrogen-bond donors (Lipinski definition) is 1. The molecule has 2 aromatic carbocycles. The maximum atomic E-state index is 12.2. The smallest absolute Gasteiger partial charge is 0.294 e. The van der Waals surface area contributed by atoms with Crippen molar-refractivity contribution >= 4 is 33.0 Å². The van der Waals surface area contributed by atoms with E-state index < -0.39 is 15.5 Å². The van der Waals surface area contributed by atoms with E-state index in [4.69, 9.17) is 4.74 Å². The van der Waals surface area contributed by atoms with Gasteiger partial charge in [0.1, 0.15) is 0 Å². The number of carbonyl (C=O) groups is 1. The van der Waals surface area contributed by atoms with E-state index in [0.29, 0.717) is 5.92 Å². The molecule has 8 rings (SSSR count). The van der Waals surface area contributed by atoms with Crippen molar-refractivity contribution in [2.24, 2.45) is 5.92 Å². The Morgan fingerprint density at radius 1 is 1.00 bits per heavy atom. The SMILES string of the molecule is CC(=O)c1ccc2c(c1)C(C)(C)C1=[N+]2CCC2O[C@H]3C[C@H]4CCN5C(=C4C=C3C=C12)C(C)(C)c1cc(S(=O)(=O)O)ccc15. The van der Waals surface area contributed by atoms with Crippen molar-refractivity contribution in [2.45, 2.75) is 81.8 Å². The van der Waals surface area contributed by atoms with Crippen molar-refractivity contribution in [3.63, 3.8) is 0 Å². The number of fused-ring (bicyclic) bond motifs is 9. The molecule has 0 bridgehead atoms. The van der Waals surface area contributed by atoms with E-state index in [1.807, 2.05) is 12.1 Å². The zero-order chi connectivity index (χ0) is 30.2. The van der Waals surface area contributed by atoms with Gasteiger partial charge in [0.15, 0.2) is 18.0 Å². The van der Waals surface area contributed by atoms with E-state index in [-0.39, 0.29) is 28.3 Å². The molecule has 0 radical (unpaired) electrons. The number of Topliss-reactive ketones (excluding diaryl/α,β-unsaturated/α-hetero) is 1. The fraction of sp³-hybridized carbons (Fsp3) is 0.429. The minimum absolute atomic E-state index is 0.0505. The number of anilines is 1. The van der Waals surface area contributed by atoms with Crippen molar-refractivity contribution in [3.8, 4) is 0 Å². The average Bonchev–Trinajstić information content (AvgIpc) is 3.33. The Hall–Kier alpha value is -3.33. The minimum atomic E-state index is -4.29. The van der Waals surface area contributed by atoms with Gasteiger partial charge >= 0.3 is 0 Å². The van der Waals surface area contributed by atoms with Crippen LogP contribution in [0.2, 0.25) is 0 Å². The maximum absolute atomic E-state index is 12.2. The van der Waals surface area contributed by atoms with Crippen LogP contribution in [0.4, 0.5) is 11.4 Å². The van der Waals surface area contributed by atoms with Gasteiger partial charge in [0, 0.05) is 52.5 Å². The molecule has 5 aliphatic heterocycles. The molecule has 0 saturated heterocycles. The van der Waals surface area contributed by atoms with Gasteiger partial charge in [0.2, 0.25) is 5.69 Å². The predicted molar refractivity (Wildman–Crippen MR) is 165 cm³/mol. The number of ether oxygens (including phenoxy) is 1. The van der Waals surface area contributed by atoms with Crippen LogP contribution < -0.4 is 4.90 Å². The normalized spacial score (nSPS) is 27.7. The molecule has 0 aromatic heterocycles. The first-order valence-corrected chi connectivity index (χ1v) is 16.7. The quantitative estimate of drug-likeness (QED) is 0.259. The van der Waals surface area contributed by atoms with Crippen LogP contribution in [0.5, 0.6) is 0 Å². The first-order valence-electron chi connectivity index (χ1n) is 15.3. The van der Waals surface area contributed by atoms with Gasteiger partial charge in [-0.05, 0) is 92.6 Å². The zero-order valence-electron chi connectivity index (χ0n) is 25.3. The van der Waals surface area contributed by atoms with Crippen molar-refractivity contribution in [1.82, 2.24) is 0 Å². The summed E-state index contributed by atoms with van der Waals surface area (Å²) in [5.41, 5.74) is 10.6. The molecule has 0 saturated carbocycles. The number of benzene rings is 2. The fourth-order valence-electron chi connectivity index (χ4n) is 8.81. The fourth-order valence-corrected chi connectivity index (χ4v) is 9.31. The third kappa shape index (κ3) is 3.69. The lowest BCUT2D eigenvalue weighted by atomic mass is 9.71. The largest absolute Gasteiger partial charge is 0.365 e. The molecule has 0 spiro atoms. The topological polar surface area (TPSA) is 86.9 Å². The lowest BCUT2D eigenvalue weighted by molar-refractivity contribution is -0.445. The maximum Gasteiger partial charge on any atom is 0.294 e. The van der Waals surface area contributed by atoms with Crippen LogP contribution in [0.3, 0.4) is 0 Å². The molecule has 0 amide bonds. The monoisotopic (exact) mass is 597 g/mol. The lowest BCUT2D eigenvalue weighted by Crippen LogP contribution is -2.46. The molecule has 222 valence electrons. The highest BCUT2D eigenvalue weighted by atomic mass is 32.2. The second kappa shape index (κ2) is 8.65. The van der Waals surface area contributed by atoms with Crippen LogP contribution in [-0.4, -0.2) is 54.3 Å². The van der Waals surface area contributed by atoms with E-state index in [1.165, 1.54) is 45.4 Å². The van der Waals surface area contributed by atoms with Gasteiger partial charge in [-0.1, -0.05) is 19.9 Å². The standard InChI is InChI=1S/C35H36N2O5S/c1-19(38)20-6-8-28-26(16-20)34(2,3)33-25-15-22-14-24-21(17-31(22)42-30(25)11-13-37(28)33)10-12-36-29-9-7-23(43(39,40)41)18-27(29)35(4,5)32(24)36/h6-9,14-16,18,21,30-31H,10-13,17H2,1-5H3/p+1/t21-,30?,31+/m1/s1. The van der Waals surface area contributed by atoms with Crippen molar-refractivity contribution in [1.29, 1.82) is 0 Å². The number of hydrogen-bond acceptors (Lipinski definition) is 5. The van der Waals surface area contributed by atoms with Gasteiger partial charge < -0.3 is 9.64 Å². The number of nitrogens with zero attached hydrogens (tertiary/aromatic N) is 2. The minimum Gasteiger partial charge on any atom is -0.365 e. The van der Waals surface area contributed by atoms with Gasteiger partial charge in [-0.3, -0.25) is 9.35 Å². The van der Waals surface area contributed by atoms with E-state index in [9.17, 15) is 17.8 Å².